The zero-order chi connectivity index (χ0) is 11.3. The molecule has 0 fully saturated rings. The highest BCUT2D eigenvalue weighted by Gasteiger charge is 2.12. The number of aliphatic hydroxyl groups is 1. The number of nitrogens with two attached hydrogens (primary N) is 1. The van der Waals surface area contributed by atoms with E-state index in [-0.39, 0.29) is 5.75 Å². The molecular formula is C10H15NO3S. The fraction of sp³-hybridized carbons (Fsp3) is 0.400. The van der Waals surface area contributed by atoms with E-state index in [0.29, 0.717) is 12.8 Å². The molecule has 3 N–H and O–H groups in total. The molecule has 4 nitrogen and oxygen atoms in total. The van der Waals surface area contributed by atoms with Crippen LogP contribution in [0.2, 0.25) is 0 Å². The Morgan fingerprint density at radius 3 is 2.40 bits per heavy atom. The van der Waals surface area contributed by atoms with Crippen LogP contribution in [-0.2, 0) is 16.4 Å². The third-order valence-electron chi connectivity index (χ3n) is 2.03. The summed E-state index contributed by atoms with van der Waals surface area (Å²) in [5, 5.41) is 14.2. The van der Waals surface area contributed by atoms with Crippen LogP contribution in [0.4, 0.5) is 0 Å². The first kappa shape index (κ1) is 12.2. The van der Waals surface area contributed by atoms with Gasteiger partial charge in [-0.25, -0.2) is 13.6 Å². The van der Waals surface area contributed by atoms with E-state index in [0.717, 1.165) is 5.56 Å². The number of primary sulfonamides is 1. The van der Waals surface area contributed by atoms with E-state index in [9.17, 15) is 13.5 Å². The van der Waals surface area contributed by atoms with Crippen molar-refractivity contribution in [3.63, 3.8) is 0 Å². The van der Waals surface area contributed by atoms with Crippen LogP contribution in [0.3, 0.4) is 0 Å². The second kappa shape index (κ2) is 5.25. The van der Waals surface area contributed by atoms with Crippen LogP contribution < -0.4 is 5.14 Å². The quantitative estimate of drug-likeness (QED) is 0.760. The van der Waals surface area contributed by atoms with E-state index in [2.05, 4.69) is 0 Å². The molecule has 0 amide bonds. The topological polar surface area (TPSA) is 80.4 Å². The maximum Gasteiger partial charge on any atom is 0.211 e. The maximum absolute atomic E-state index is 10.7. The number of benzene rings is 1. The summed E-state index contributed by atoms with van der Waals surface area (Å²) in [5.41, 5.74) is 1.07. The molecule has 0 aliphatic carbocycles. The molecule has 84 valence electrons. The van der Waals surface area contributed by atoms with Gasteiger partial charge >= 0.3 is 0 Å². The van der Waals surface area contributed by atoms with Gasteiger partial charge < -0.3 is 5.11 Å². The summed E-state index contributed by atoms with van der Waals surface area (Å²) in [6, 6.07) is 9.58. The van der Waals surface area contributed by atoms with Crippen molar-refractivity contribution in [1.82, 2.24) is 0 Å². The number of hydrogen-bond acceptors (Lipinski definition) is 3. The van der Waals surface area contributed by atoms with Crippen LogP contribution in [-0.4, -0.2) is 25.4 Å². The summed E-state index contributed by atoms with van der Waals surface area (Å²) < 4.78 is 21.3. The minimum absolute atomic E-state index is 0.375. The number of aliphatic hydroxyl groups excluding tert-OH is 1. The summed E-state index contributed by atoms with van der Waals surface area (Å²) in [6.07, 6.45) is 0.165. The first-order valence-corrected chi connectivity index (χ1v) is 6.41. The summed E-state index contributed by atoms with van der Waals surface area (Å²) >= 11 is 0. The molecule has 1 atom stereocenters. The van der Waals surface area contributed by atoms with E-state index < -0.39 is 16.1 Å². The lowest BCUT2D eigenvalue weighted by Crippen LogP contribution is -2.26. The molecule has 0 saturated carbocycles. The van der Waals surface area contributed by atoms with Gasteiger partial charge in [-0.2, -0.15) is 0 Å². The molecule has 15 heavy (non-hydrogen) atoms. The van der Waals surface area contributed by atoms with Crippen molar-refractivity contribution in [3.05, 3.63) is 35.9 Å². The van der Waals surface area contributed by atoms with Crippen LogP contribution in [0.1, 0.15) is 12.0 Å². The molecule has 0 spiro atoms. The largest absolute Gasteiger partial charge is 0.392 e. The molecule has 0 aliphatic rings. The molecule has 0 aliphatic heterocycles. The Balaban J connectivity index is 2.38. The van der Waals surface area contributed by atoms with E-state index in [1.165, 1.54) is 0 Å². The predicted octanol–water partition coefficient (Wildman–Crippen LogP) is 0.269. The second-order valence-corrected chi connectivity index (χ2v) is 5.17. The molecule has 0 radical (unpaired) electrons. The number of sulfonamides is 1. The van der Waals surface area contributed by atoms with Gasteiger partial charge in [0.05, 0.1) is 11.9 Å². The number of aryl methyl sites for hydroxylation is 1. The average molecular weight is 229 g/mol. The van der Waals surface area contributed by atoms with Gasteiger partial charge in [0.1, 0.15) is 0 Å². The van der Waals surface area contributed by atoms with Crippen LogP contribution in [0.5, 0.6) is 0 Å². The first-order chi connectivity index (χ1) is 6.97. The summed E-state index contributed by atoms with van der Waals surface area (Å²) in [6.45, 7) is 0. The molecule has 1 aromatic carbocycles. The van der Waals surface area contributed by atoms with Gasteiger partial charge in [-0.05, 0) is 18.4 Å². The summed E-state index contributed by atoms with van der Waals surface area (Å²) in [5.74, 6) is -0.375. The fourth-order valence-corrected chi connectivity index (χ4v) is 2.03. The number of rotatable bonds is 5. The monoisotopic (exact) mass is 229 g/mol. The lowest BCUT2D eigenvalue weighted by molar-refractivity contribution is 0.187. The molecule has 1 aromatic rings. The van der Waals surface area contributed by atoms with Crippen molar-refractivity contribution < 1.29 is 13.5 Å². The Bertz CT molecular complexity index is 388. The van der Waals surface area contributed by atoms with E-state index >= 15 is 0 Å². The Kier molecular flexibility index (Phi) is 4.26. The first-order valence-electron chi connectivity index (χ1n) is 4.70. The molecule has 0 bridgehead atoms. The van der Waals surface area contributed by atoms with Crippen molar-refractivity contribution in [1.29, 1.82) is 0 Å². The highest BCUT2D eigenvalue weighted by Crippen LogP contribution is 2.05. The Hall–Kier alpha value is -0.910. The summed E-state index contributed by atoms with van der Waals surface area (Å²) in [7, 11) is -3.58. The normalized spacial score (nSPS) is 13.7. The van der Waals surface area contributed by atoms with Gasteiger partial charge in [0, 0.05) is 0 Å². The molecule has 1 rings (SSSR count). The fourth-order valence-electron chi connectivity index (χ4n) is 1.33. The van der Waals surface area contributed by atoms with Crippen LogP contribution >= 0.6 is 0 Å². The highest BCUT2D eigenvalue weighted by molar-refractivity contribution is 7.89. The van der Waals surface area contributed by atoms with Gasteiger partial charge in [-0.1, -0.05) is 30.3 Å². The van der Waals surface area contributed by atoms with Crippen LogP contribution in [0.25, 0.3) is 0 Å². The molecule has 5 heteroatoms. The summed E-state index contributed by atoms with van der Waals surface area (Å²) in [4.78, 5) is 0. The predicted molar refractivity (Wildman–Crippen MR) is 58.7 cm³/mol. The highest BCUT2D eigenvalue weighted by atomic mass is 32.2. The van der Waals surface area contributed by atoms with E-state index in [1.54, 1.807) is 0 Å². The molecule has 0 aromatic heterocycles. The smallest absolute Gasteiger partial charge is 0.211 e. The molecule has 0 heterocycles. The van der Waals surface area contributed by atoms with Gasteiger partial charge in [0.2, 0.25) is 10.0 Å². The Labute approximate surface area is 89.8 Å². The Morgan fingerprint density at radius 2 is 1.87 bits per heavy atom. The zero-order valence-corrected chi connectivity index (χ0v) is 9.15. The second-order valence-electron chi connectivity index (χ2n) is 3.51. The maximum atomic E-state index is 10.7. The lowest BCUT2D eigenvalue weighted by Gasteiger charge is -2.08. The molecular weight excluding hydrogens is 214 g/mol. The van der Waals surface area contributed by atoms with Crippen molar-refractivity contribution in [3.8, 4) is 0 Å². The average Bonchev–Trinajstić information content (AvgIpc) is 2.14. The molecule has 1 unspecified atom stereocenters. The minimum atomic E-state index is -3.58. The van der Waals surface area contributed by atoms with E-state index in [1.807, 2.05) is 30.3 Å². The van der Waals surface area contributed by atoms with Crippen molar-refractivity contribution in [2.24, 2.45) is 5.14 Å². The van der Waals surface area contributed by atoms with E-state index in [4.69, 9.17) is 5.14 Å². The Morgan fingerprint density at radius 1 is 1.27 bits per heavy atom. The SMILES string of the molecule is NS(=O)(=O)CC(O)CCc1ccccc1. The third-order valence-corrected chi connectivity index (χ3v) is 2.88. The van der Waals surface area contributed by atoms with Crippen LogP contribution in [0, 0.1) is 0 Å². The lowest BCUT2D eigenvalue weighted by atomic mass is 10.1. The number of hydrogen-bond donors (Lipinski definition) is 2. The van der Waals surface area contributed by atoms with Crippen LogP contribution in [0.15, 0.2) is 30.3 Å². The van der Waals surface area contributed by atoms with Gasteiger partial charge in [0.25, 0.3) is 0 Å². The third kappa shape index (κ3) is 5.51. The van der Waals surface area contributed by atoms with Crippen molar-refractivity contribution in [2.75, 3.05) is 5.75 Å². The van der Waals surface area contributed by atoms with Crippen molar-refractivity contribution >= 4 is 10.0 Å². The molecule has 0 saturated heterocycles. The van der Waals surface area contributed by atoms with Gasteiger partial charge in [0.15, 0.2) is 0 Å². The zero-order valence-electron chi connectivity index (χ0n) is 8.33. The van der Waals surface area contributed by atoms with Crippen molar-refractivity contribution in [2.45, 2.75) is 18.9 Å². The standard InChI is InChI=1S/C10H15NO3S/c11-15(13,14)8-10(12)7-6-9-4-2-1-3-5-9/h1-5,10,12H,6-8H2,(H2,11,13,14). The van der Waals surface area contributed by atoms with Gasteiger partial charge in [-0.15, -0.1) is 0 Å². The minimum Gasteiger partial charge on any atom is -0.392 e. The van der Waals surface area contributed by atoms with Gasteiger partial charge in [-0.3, -0.25) is 0 Å².